The monoisotopic (exact) mass is 285 g/mol. The van der Waals surface area contributed by atoms with E-state index >= 15 is 0 Å². The summed E-state index contributed by atoms with van der Waals surface area (Å²) in [5, 5.41) is 0. The fourth-order valence-electron chi connectivity index (χ4n) is 1.98. The molecule has 1 aromatic rings. The van der Waals surface area contributed by atoms with Crippen LogP contribution in [0.1, 0.15) is 33.0 Å². The summed E-state index contributed by atoms with van der Waals surface area (Å²) in [7, 11) is 0. The molecule has 0 radical (unpaired) electrons. The van der Waals surface area contributed by atoms with Crippen LogP contribution in [0.3, 0.4) is 0 Å². The van der Waals surface area contributed by atoms with Crippen LogP contribution in [0.15, 0.2) is 12.4 Å². The quantitative estimate of drug-likeness (QED) is 0.795. The lowest BCUT2D eigenvalue weighted by molar-refractivity contribution is 0.0253. The Balaban J connectivity index is 2.07. The molecule has 1 unspecified atom stereocenters. The van der Waals surface area contributed by atoms with Gasteiger partial charge in [0.2, 0.25) is 0 Å². The smallest absolute Gasteiger partial charge is 0.410 e. The highest BCUT2D eigenvalue weighted by atomic mass is 19.1. The van der Waals surface area contributed by atoms with Crippen LogP contribution in [0, 0.1) is 5.82 Å². The van der Waals surface area contributed by atoms with Crippen LogP contribution >= 0.6 is 0 Å². The van der Waals surface area contributed by atoms with E-state index in [4.69, 9.17) is 4.74 Å². The first-order valence-corrected chi connectivity index (χ1v) is 6.34. The SMILES string of the molecule is CC(C)(C)OC(=O)N1CCC(F)(c2ncc(F)cn2)C1. The molecule has 0 saturated carbocycles. The topological polar surface area (TPSA) is 55.3 Å². The number of hydrogen-bond acceptors (Lipinski definition) is 4. The molecular formula is C13H17F2N3O2. The second kappa shape index (κ2) is 4.96. The Morgan fingerprint density at radius 3 is 2.55 bits per heavy atom. The van der Waals surface area contributed by atoms with Gasteiger partial charge < -0.3 is 9.64 Å². The lowest BCUT2D eigenvalue weighted by Crippen LogP contribution is -2.37. The van der Waals surface area contributed by atoms with Crippen LogP contribution in [0.5, 0.6) is 0 Å². The van der Waals surface area contributed by atoms with E-state index in [0.29, 0.717) is 0 Å². The fraction of sp³-hybridized carbons (Fsp3) is 0.615. The standard InChI is InChI=1S/C13H17F2N3O2/c1-12(2,3)20-11(19)18-5-4-13(15,8-18)10-16-6-9(14)7-17-10/h6-7H,4-5,8H2,1-3H3. The third-order valence-corrected chi connectivity index (χ3v) is 2.89. The molecule has 2 heterocycles. The normalized spacial score (nSPS) is 22.9. The zero-order valence-corrected chi connectivity index (χ0v) is 11.7. The lowest BCUT2D eigenvalue weighted by Gasteiger charge is -2.25. The average Bonchev–Trinajstić information content (AvgIpc) is 2.72. The molecule has 0 spiro atoms. The minimum absolute atomic E-state index is 0.0673. The molecule has 0 aliphatic carbocycles. The Morgan fingerprint density at radius 2 is 2.00 bits per heavy atom. The van der Waals surface area contributed by atoms with E-state index in [2.05, 4.69) is 9.97 Å². The van der Waals surface area contributed by atoms with Gasteiger partial charge in [-0.25, -0.2) is 23.5 Å². The Morgan fingerprint density at radius 1 is 1.40 bits per heavy atom. The van der Waals surface area contributed by atoms with Crippen LogP contribution in [0.25, 0.3) is 0 Å². The molecule has 0 aromatic carbocycles. The van der Waals surface area contributed by atoms with Gasteiger partial charge in [0, 0.05) is 13.0 Å². The minimum atomic E-state index is -1.86. The van der Waals surface area contributed by atoms with Crippen molar-refractivity contribution >= 4 is 6.09 Å². The zero-order chi connectivity index (χ0) is 15.0. The Bertz CT molecular complexity index is 501. The van der Waals surface area contributed by atoms with Gasteiger partial charge in [-0.1, -0.05) is 0 Å². The summed E-state index contributed by atoms with van der Waals surface area (Å²) in [4.78, 5) is 20.5. The van der Waals surface area contributed by atoms with Crippen LogP contribution in [-0.2, 0) is 10.4 Å². The van der Waals surface area contributed by atoms with Crippen molar-refractivity contribution in [2.45, 2.75) is 38.5 Å². The summed E-state index contributed by atoms with van der Waals surface area (Å²) < 4.78 is 32.7. The molecule has 5 nitrogen and oxygen atoms in total. The number of rotatable bonds is 1. The van der Waals surface area contributed by atoms with Crippen molar-refractivity contribution in [2.75, 3.05) is 13.1 Å². The van der Waals surface area contributed by atoms with Crippen molar-refractivity contribution < 1.29 is 18.3 Å². The van der Waals surface area contributed by atoms with Crippen LogP contribution in [0.4, 0.5) is 13.6 Å². The van der Waals surface area contributed by atoms with Gasteiger partial charge in [-0.15, -0.1) is 0 Å². The largest absolute Gasteiger partial charge is 0.444 e. The average molecular weight is 285 g/mol. The number of likely N-dealkylation sites (tertiary alicyclic amines) is 1. The van der Waals surface area contributed by atoms with E-state index in [1.165, 1.54) is 4.90 Å². The molecule has 1 aliphatic heterocycles. The summed E-state index contributed by atoms with van der Waals surface area (Å²) in [6, 6.07) is 0. The maximum absolute atomic E-state index is 14.7. The molecule has 0 N–H and O–H groups in total. The molecule has 110 valence electrons. The third kappa shape index (κ3) is 3.20. The van der Waals surface area contributed by atoms with Crippen molar-refractivity contribution in [3.63, 3.8) is 0 Å². The molecular weight excluding hydrogens is 268 g/mol. The first kappa shape index (κ1) is 14.6. The number of hydrogen-bond donors (Lipinski definition) is 0. The Hall–Kier alpha value is -1.79. The van der Waals surface area contributed by atoms with Gasteiger partial charge >= 0.3 is 6.09 Å². The highest BCUT2D eigenvalue weighted by Gasteiger charge is 2.45. The minimum Gasteiger partial charge on any atom is -0.444 e. The third-order valence-electron chi connectivity index (χ3n) is 2.89. The van der Waals surface area contributed by atoms with Crippen molar-refractivity contribution in [2.24, 2.45) is 0 Å². The van der Waals surface area contributed by atoms with E-state index < -0.39 is 23.2 Å². The number of amides is 1. The first-order valence-electron chi connectivity index (χ1n) is 6.34. The molecule has 1 saturated heterocycles. The molecule has 1 amide bonds. The number of carbonyl (C=O) groups is 1. The maximum atomic E-state index is 14.7. The number of halogens is 2. The number of aromatic nitrogens is 2. The van der Waals surface area contributed by atoms with E-state index in [1.54, 1.807) is 20.8 Å². The van der Waals surface area contributed by atoms with Crippen molar-refractivity contribution in [3.8, 4) is 0 Å². The number of nitrogens with zero attached hydrogens (tertiary/aromatic N) is 3. The summed E-state index contributed by atoms with van der Waals surface area (Å²) in [5.41, 5.74) is -2.49. The molecule has 1 aromatic heterocycles. The second-order valence-electron chi connectivity index (χ2n) is 5.84. The molecule has 1 atom stereocenters. The predicted octanol–water partition coefficient (Wildman–Crippen LogP) is 2.42. The number of carbonyl (C=O) groups excluding carboxylic acids is 1. The molecule has 2 rings (SSSR count). The van der Waals surface area contributed by atoms with Gasteiger partial charge in [-0.2, -0.15) is 0 Å². The van der Waals surface area contributed by atoms with Crippen molar-refractivity contribution in [1.82, 2.24) is 14.9 Å². The Labute approximate surface area is 116 Å². The second-order valence-corrected chi connectivity index (χ2v) is 5.84. The van der Waals surface area contributed by atoms with E-state index in [9.17, 15) is 13.6 Å². The molecule has 1 aliphatic rings. The van der Waals surface area contributed by atoms with Crippen LogP contribution in [-0.4, -0.2) is 39.7 Å². The molecule has 7 heteroatoms. The summed E-state index contributed by atoms with van der Waals surface area (Å²) in [5.74, 6) is -0.732. The summed E-state index contributed by atoms with van der Waals surface area (Å²) in [6.45, 7) is 5.26. The number of alkyl halides is 1. The molecule has 20 heavy (non-hydrogen) atoms. The highest BCUT2D eigenvalue weighted by molar-refractivity contribution is 5.68. The van der Waals surface area contributed by atoms with Gasteiger partial charge in [-0.05, 0) is 20.8 Å². The lowest BCUT2D eigenvalue weighted by atomic mass is 10.1. The summed E-state index contributed by atoms with van der Waals surface area (Å²) in [6.07, 6.45) is 1.33. The van der Waals surface area contributed by atoms with Crippen LogP contribution < -0.4 is 0 Å². The van der Waals surface area contributed by atoms with Gasteiger partial charge in [-0.3, -0.25) is 0 Å². The maximum Gasteiger partial charge on any atom is 0.410 e. The van der Waals surface area contributed by atoms with Gasteiger partial charge in [0.1, 0.15) is 5.60 Å². The van der Waals surface area contributed by atoms with Crippen molar-refractivity contribution in [1.29, 1.82) is 0 Å². The fourth-order valence-corrected chi connectivity index (χ4v) is 1.98. The molecule has 0 bridgehead atoms. The first-order chi connectivity index (χ1) is 9.20. The summed E-state index contributed by atoms with van der Waals surface area (Å²) >= 11 is 0. The highest BCUT2D eigenvalue weighted by Crippen LogP contribution is 2.34. The Kier molecular flexibility index (Phi) is 3.62. The van der Waals surface area contributed by atoms with Crippen LogP contribution in [0.2, 0.25) is 0 Å². The van der Waals surface area contributed by atoms with Gasteiger partial charge in [0.15, 0.2) is 17.3 Å². The van der Waals surface area contributed by atoms with E-state index in [1.807, 2.05) is 0 Å². The number of ether oxygens (including phenoxy) is 1. The van der Waals surface area contributed by atoms with E-state index in [0.717, 1.165) is 12.4 Å². The zero-order valence-electron chi connectivity index (χ0n) is 11.7. The predicted molar refractivity (Wildman–Crippen MR) is 67.2 cm³/mol. The van der Waals surface area contributed by atoms with Crippen molar-refractivity contribution in [3.05, 3.63) is 24.0 Å². The molecule has 1 fully saturated rings. The van der Waals surface area contributed by atoms with Gasteiger partial charge in [0.25, 0.3) is 0 Å². The van der Waals surface area contributed by atoms with E-state index in [-0.39, 0.29) is 25.3 Å². The van der Waals surface area contributed by atoms with Gasteiger partial charge in [0.05, 0.1) is 18.9 Å².